The van der Waals surface area contributed by atoms with Crippen molar-refractivity contribution >= 4 is 22.2 Å². The average Bonchev–Trinajstić information content (AvgIpc) is 2.71. The van der Waals surface area contributed by atoms with E-state index in [4.69, 9.17) is 4.99 Å². The predicted octanol–water partition coefficient (Wildman–Crippen LogP) is 6.12. The van der Waals surface area contributed by atoms with Gasteiger partial charge in [0.15, 0.2) is 0 Å². The maximum absolute atomic E-state index is 4.76. The average molecular weight is 281 g/mol. The monoisotopic (exact) mass is 281 g/mol. The fourth-order valence-corrected chi connectivity index (χ4v) is 3.14. The number of nitrogens with zero attached hydrogens (tertiary/aromatic N) is 1. The Hall–Kier alpha value is -1.63. The number of hydrogen-bond acceptors (Lipinski definition) is 1. The molecule has 0 radical (unpaired) electrons. The van der Waals surface area contributed by atoms with E-state index in [-0.39, 0.29) is 5.41 Å². The summed E-state index contributed by atoms with van der Waals surface area (Å²) in [6.07, 6.45) is 1.08. The first-order valence-corrected chi connectivity index (χ1v) is 8.07. The first kappa shape index (κ1) is 15.8. The molecule has 2 aromatic carbocycles. The fourth-order valence-electron chi connectivity index (χ4n) is 3.14. The van der Waals surface area contributed by atoms with Crippen LogP contribution in [0.3, 0.4) is 0 Å². The van der Waals surface area contributed by atoms with Gasteiger partial charge < -0.3 is 0 Å². The van der Waals surface area contributed by atoms with Crippen molar-refractivity contribution < 1.29 is 0 Å². The molecule has 112 valence electrons. The second-order valence-corrected chi connectivity index (χ2v) is 6.14. The van der Waals surface area contributed by atoms with Gasteiger partial charge in [0, 0.05) is 11.1 Å². The van der Waals surface area contributed by atoms with Crippen LogP contribution < -0.4 is 0 Å². The Balaban J connectivity index is 0.000000774. The molecule has 21 heavy (non-hydrogen) atoms. The van der Waals surface area contributed by atoms with Crippen molar-refractivity contribution in [1.82, 2.24) is 0 Å². The van der Waals surface area contributed by atoms with E-state index in [1.54, 1.807) is 0 Å². The van der Waals surface area contributed by atoms with Gasteiger partial charge in [-0.1, -0.05) is 52.8 Å². The molecule has 1 aliphatic rings. The van der Waals surface area contributed by atoms with Crippen LogP contribution in [0.15, 0.2) is 29.3 Å². The van der Waals surface area contributed by atoms with Gasteiger partial charge in [-0.25, -0.2) is 0 Å². The molecule has 1 nitrogen and oxygen atoms in total. The number of hydrogen-bond donors (Lipinski definition) is 0. The van der Waals surface area contributed by atoms with Gasteiger partial charge >= 0.3 is 0 Å². The number of rotatable bonds is 1. The zero-order valence-corrected chi connectivity index (χ0v) is 14.5. The Morgan fingerprint density at radius 3 is 2.29 bits per heavy atom. The van der Waals surface area contributed by atoms with Crippen molar-refractivity contribution in [2.24, 2.45) is 4.99 Å². The van der Waals surface area contributed by atoms with E-state index in [9.17, 15) is 0 Å². The van der Waals surface area contributed by atoms with E-state index in [0.717, 1.165) is 12.1 Å². The normalized spacial score (nSPS) is 15.3. The van der Waals surface area contributed by atoms with Crippen LogP contribution in [0, 0.1) is 6.92 Å². The Morgan fingerprint density at radius 2 is 1.67 bits per heavy atom. The summed E-state index contributed by atoms with van der Waals surface area (Å²) in [5.41, 5.74) is 6.61. The van der Waals surface area contributed by atoms with Crippen molar-refractivity contribution in [2.45, 2.75) is 60.3 Å². The van der Waals surface area contributed by atoms with Gasteiger partial charge in [-0.05, 0) is 53.8 Å². The summed E-state index contributed by atoms with van der Waals surface area (Å²) < 4.78 is 0. The highest BCUT2D eigenvalue weighted by Gasteiger charge is 2.33. The van der Waals surface area contributed by atoms with E-state index < -0.39 is 0 Å². The maximum atomic E-state index is 4.76. The number of fused-ring (bicyclic) bond motifs is 3. The summed E-state index contributed by atoms with van der Waals surface area (Å²) in [6.45, 7) is 15.1. The molecule has 3 rings (SSSR count). The molecule has 0 aromatic heterocycles. The van der Waals surface area contributed by atoms with E-state index in [1.807, 2.05) is 13.8 Å². The van der Waals surface area contributed by atoms with Crippen LogP contribution in [0.2, 0.25) is 0 Å². The van der Waals surface area contributed by atoms with Gasteiger partial charge in [-0.15, -0.1) is 0 Å². The highest BCUT2D eigenvalue weighted by molar-refractivity contribution is 6.06. The Bertz CT molecular complexity index is 705. The molecule has 1 heterocycles. The highest BCUT2D eigenvalue weighted by Crippen LogP contribution is 2.44. The lowest BCUT2D eigenvalue weighted by Gasteiger charge is -2.22. The molecule has 1 heteroatoms. The van der Waals surface area contributed by atoms with Crippen LogP contribution in [0.5, 0.6) is 0 Å². The van der Waals surface area contributed by atoms with Gasteiger partial charge in [0.25, 0.3) is 0 Å². The molecule has 0 fully saturated rings. The molecule has 2 aromatic rings. The second-order valence-electron chi connectivity index (χ2n) is 6.14. The summed E-state index contributed by atoms with van der Waals surface area (Å²) in [5, 5.41) is 2.76. The van der Waals surface area contributed by atoms with Crippen LogP contribution >= 0.6 is 0 Å². The highest BCUT2D eigenvalue weighted by atomic mass is 14.8. The minimum atomic E-state index is 0.0493. The summed E-state index contributed by atoms with van der Waals surface area (Å²) in [7, 11) is 0. The number of aliphatic imine (C=N–C) groups is 1. The molecule has 1 aliphatic heterocycles. The molecular weight excluding hydrogens is 254 g/mol. The standard InChI is InChI=1S/C18H21N.C2H6/c1-6-13-9-11(2)14-7-8-16-17(15(14)10-13)18(4,5)12(3)19-16;1-2/h7-10H,6H2,1-5H3;1-2H3. The molecule has 0 bridgehead atoms. The minimum Gasteiger partial charge on any atom is -0.257 e. The molecule has 0 atom stereocenters. The number of benzene rings is 2. The quantitative estimate of drug-likeness (QED) is 0.597. The largest absolute Gasteiger partial charge is 0.257 e. The zero-order valence-electron chi connectivity index (χ0n) is 14.5. The first-order chi connectivity index (χ1) is 9.95. The van der Waals surface area contributed by atoms with Crippen LogP contribution in [0.4, 0.5) is 5.69 Å². The van der Waals surface area contributed by atoms with Crippen LogP contribution in [-0.4, -0.2) is 5.71 Å². The summed E-state index contributed by atoms with van der Waals surface area (Å²) in [6, 6.07) is 9.07. The van der Waals surface area contributed by atoms with Crippen molar-refractivity contribution in [3.8, 4) is 0 Å². The summed E-state index contributed by atoms with van der Waals surface area (Å²) in [4.78, 5) is 4.76. The molecule has 0 unspecified atom stereocenters. The van der Waals surface area contributed by atoms with Gasteiger partial charge in [0.1, 0.15) is 0 Å². The van der Waals surface area contributed by atoms with Gasteiger partial charge in [0.2, 0.25) is 0 Å². The number of aryl methyl sites for hydroxylation is 2. The predicted molar refractivity (Wildman–Crippen MR) is 95.2 cm³/mol. The van der Waals surface area contributed by atoms with Crippen molar-refractivity contribution in [2.75, 3.05) is 0 Å². The van der Waals surface area contributed by atoms with Crippen molar-refractivity contribution in [3.63, 3.8) is 0 Å². The van der Waals surface area contributed by atoms with E-state index in [2.05, 4.69) is 58.9 Å². The third kappa shape index (κ3) is 2.39. The Morgan fingerprint density at radius 1 is 1.00 bits per heavy atom. The van der Waals surface area contributed by atoms with Gasteiger partial charge in [0.05, 0.1) is 5.69 Å². The lowest BCUT2D eigenvalue weighted by molar-refractivity contribution is 0.740. The maximum Gasteiger partial charge on any atom is 0.0677 e. The SMILES string of the molecule is CC.CCc1cc(C)c2ccc3c(c2c1)C(C)(C)C(C)=N3. The van der Waals surface area contributed by atoms with E-state index in [0.29, 0.717) is 0 Å². The van der Waals surface area contributed by atoms with Crippen LogP contribution in [0.25, 0.3) is 10.8 Å². The van der Waals surface area contributed by atoms with E-state index in [1.165, 1.54) is 33.2 Å². The van der Waals surface area contributed by atoms with Crippen LogP contribution in [0.1, 0.15) is 58.2 Å². The molecule has 0 amide bonds. The topological polar surface area (TPSA) is 12.4 Å². The summed E-state index contributed by atoms with van der Waals surface area (Å²) in [5.74, 6) is 0. The zero-order chi connectivity index (χ0) is 15.8. The third-order valence-electron chi connectivity index (χ3n) is 4.61. The lowest BCUT2D eigenvalue weighted by atomic mass is 9.79. The molecule has 0 spiro atoms. The van der Waals surface area contributed by atoms with Crippen molar-refractivity contribution in [3.05, 3.63) is 41.0 Å². The smallest absolute Gasteiger partial charge is 0.0677 e. The Labute approximate surface area is 129 Å². The van der Waals surface area contributed by atoms with Gasteiger partial charge in [-0.2, -0.15) is 0 Å². The van der Waals surface area contributed by atoms with Gasteiger partial charge in [-0.3, -0.25) is 4.99 Å². The molecular formula is C20H27N. The second kappa shape index (κ2) is 5.63. The van der Waals surface area contributed by atoms with E-state index >= 15 is 0 Å². The molecule has 0 saturated heterocycles. The summed E-state index contributed by atoms with van der Waals surface area (Å²) >= 11 is 0. The van der Waals surface area contributed by atoms with Crippen LogP contribution in [-0.2, 0) is 11.8 Å². The fraction of sp³-hybridized carbons (Fsp3) is 0.450. The molecule has 0 N–H and O–H groups in total. The first-order valence-electron chi connectivity index (χ1n) is 8.07. The Kier molecular flexibility index (Phi) is 4.22. The minimum absolute atomic E-state index is 0.0493. The van der Waals surface area contributed by atoms with Crippen molar-refractivity contribution in [1.29, 1.82) is 0 Å². The molecule has 0 saturated carbocycles. The molecule has 0 aliphatic carbocycles. The lowest BCUT2D eigenvalue weighted by Crippen LogP contribution is -2.23. The third-order valence-corrected chi connectivity index (χ3v) is 4.61.